The minimum atomic E-state index is -3.86. The molecule has 0 aliphatic rings. The quantitative estimate of drug-likeness (QED) is 0.391. The molecule has 21 heavy (non-hydrogen) atoms. The number of allylic oxidation sites excluding steroid dienone is 1. The van der Waals surface area contributed by atoms with Crippen molar-refractivity contribution >= 4 is 38.9 Å². The molecule has 1 aromatic carbocycles. The molecule has 0 heterocycles. The maximum atomic E-state index is 11.9. The molecule has 0 bridgehead atoms. The van der Waals surface area contributed by atoms with E-state index < -0.39 is 16.2 Å². The molecular formula is C13H17IN2O4S. The second kappa shape index (κ2) is 8.47. The summed E-state index contributed by atoms with van der Waals surface area (Å²) in [4.78, 5) is 3.98. The van der Waals surface area contributed by atoms with Crippen molar-refractivity contribution in [1.29, 1.82) is 0 Å². The van der Waals surface area contributed by atoms with E-state index in [1.165, 1.54) is 24.5 Å². The van der Waals surface area contributed by atoms with Gasteiger partial charge >= 0.3 is 0 Å². The number of rotatable bonds is 7. The second-order valence-corrected chi connectivity index (χ2v) is 7.11. The van der Waals surface area contributed by atoms with Gasteiger partial charge < -0.3 is 10.8 Å². The summed E-state index contributed by atoms with van der Waals surface area (Å²) in [6, 6.07) is 6.28. The average molecular weight is 424 g/mol. The second-order valence-electron chi connectivity index (χ2n) is 4.25. The Morgan fingerprint density at radius 2 is 2.10 bits per heavy atom. The number of aryl methyl sites for hydroxylation is 1. The van der Waals surface area contributed by atoms with Gasteiger partial charge in [0.1, 0.15) is 0 Å². The van der Waals surface area contributed by atoms with E-state index in [9.17, 15) is 13.5 Å². The smallest absolute Gasteiger partial charge is 0.297 e. The zero-order valence-electron chi connectivity index (χ0n) is 11.4. The van der Waals surface area contributed by atoms with E-state index >= 15 is 0 Å². The molecule has 0 fully saturated rings. The normalized spacial score (nSPS) is 14.5. The van der Waals surface area contributed by atoms with Gasteiger partial charge in [-0.1, -0.05) is 17.7 Å². The van der Waals surface area contributed by atoms with Gasteiger partial charge in [-0.05, 0) is 41.6 Å². The Bertz CT molecular complexity index is 612. The summed E-state index contributed by atoms with van der Waals surface area (Å²) in [6.07, 6.45) is 1.84. The fraction of sp³-hybridized carbons (Fsp3) is 0.308. The Hall–Kier alpha value is -0.970. The Kier molecular flexibility index (Phi) is 7.29. The van der Waals surface area contributed by atoms with Gasteiger partial charge in [-0.15, -0.1) is 0 Å². The van der Waals surface area contributed by atoms with Crippen LogP contribution in [0.25, 0.3) is 0 Å². The molecule has 0 radical (unpaired) electrons. The Morgan fingerprint density at radius 3 is 2.67 bits per heavy atom. The third kappa shape index (κ3) is 6.55. The lowest BCUT2D eigenvalue weighted by atomic mass is 10.2. The van der Waals surface area contributed by atoms with Crippen LogP contribution in [-0.4, -0.2) is 39.0 Å². The number of nitrogens with two attached hydrogens (primary N) is 1. The lowest BCUT2D eigenvalue weighted by molar-refractivity contribution is 0.118. The highest BCUT2D eigenvalue weighted by Gasteiger charge is 2.17. The summed E-state index contributed by atoms with van der Waals surface area (Å²) in [7, 11) is -3.86. The molecule has 1 rings (SSSR count). The van der Waals surface area contributed by atoms with Crippen molar-refractivity contribution in [3.63, 3.8) is 0 Å². The Morgan fingerprint density at radius 1 is 1.48 bits per heavy atom. The van der Waals surface area contributed by atoms with Crippen LogP contribution in [0.15, 0.2) is 43.9 Å². The molecule has 6 nitrogen and oxygen atoms in total. The maximum Gasteiger partial charge on any atom is 0.297 e. The number of benzene rings is 1. The zero-order valence-corrected chi connectivity index (χ0v) is 14.4. The van der Waals surface area contributed by atoms with Crippen molar-refractivity contribution in [2.24, 2.45) is 10.7 Å². The molecule has 1 unspecified atom stereocenters. The summed E-state index contributed by atoms with van der Waals surface area (Å²) >= 11 is 1.97. The first-order chi connectivity index (χ1) is 9.85. The summed E-state index contributed by atoms with van der Waals surface area (Å²) in [5.74, 6) is 0. The van der Waals surface area contributed by atoms with Gasteiger partial charge in [0.2, 0.25) is 0 Å². The number of nitrogens with zero attached hydrogens (tertiary/aromatic N) is 1. The molecule has 0 aliphatic heterocycles. The summed E-state index contributed by atoms with van der Waals surface area (Å²) < 4.78 is 29.3. The van der Waals surface area contributed by atoms with Gasteiger partial charge in [-0.2, -0.15) is 8.42 Å². The molecule has 0 amide bonds. The topological polar surface area (TPSA) is 102 Å². The number of hydrogen-bond donors (Lipinski definition) is 2. The van der Waals surface area contributed by atoms with Gasteiger partial charge in [0, 0.05) is 16.0 Å². The number of aliphatic hydroxyl groups is 1. The molecule has 0 spiro atoms. The molecule has 0 saturated heterocycles. The number of aliphatic hydroxyl groups excluding tert-OH is 1. The summed E-state index contributed by atoms with van der Waals surface area (Å²) in [6.45, 7) is 1.54. The van der Waals surface area contributed by atoms with Crippen LogP contribution < -0.4 is 5.73 Å². The molecule has 3 N–H and O–H groups in total. The van der Waals surface area contributed by atoms with Crippen LogP contribution in [0, 0.1) is 6.92 Å². The highest BCUT2D eigenvalue weighted by atomic mass is 127. The van der Waals surface area contributed by atoms with E-state index in [1.54, 1.807) is 12.1 Å². The monoisotopic (exact) mass is 424 g/mol. The predicted octanol–water partition coefficient (Wildman–Crippen LogP) is 1.37. The molecule has 0 saturated carbocycles. The highest BCUT2D eigenvalue weighted by Crippen LogP contribution is 2.13. The maximum absolute atomic E-state index is 11.9. The third-order valence-corrected chi connectivity index (χ3v) is 4.35. The van der Waals surface area contributed by atoms with Gasteiger partial charge in [0.25, 0.3) is 10.1 Å². The third-order valence-electron chi connectivity index (χ3n) is 2.42. The first kappa shape index (κ1) is 18.1. The van der Waals surface area contributed by atoms with Crippen molar-refractivity contribution in [2.75, 3.05) is 13.2 Å². The fourth-order valence-corrected chi connectivity index (χ4v) is 2.44. The van der Waals surface area contributed by atoms with E-state index in [0.29, 0.717) is 3.58 Å². The highest BCUT2D eigenvalue weighted by molar-refractivity contribution is 14.1. The van der Waals surface area contributed by atoms with Crippen molar-refractivity contribution in [2.45, 2.75) is 17.9 Å². The van der Waals surface area contributed by atoms with Gasteiger partial charge in [-0.25, -0.2) is 0 Å². The van der Waals surface area contributed by atoms with E-state index in [4.69, 9.17) is 9.92 Å². The van der Waals surface area contributed by atoms with E-state index in [1.807, 2.05) is 29.5 Å². The summed E-state index contributed by atoms with van der Waals surface area (Å²) in [5, 5.41) is 9.63. The fourth-order valence-electron chi connectivity index (χ4n) is 1.30. The van der Waals surface area contributed by atoms with E-state index in [0.717, 1.165) is 5.56 Å². The minimum absolute atomic E-state index is 0.0315. The lowest BCUT2D eigenvalue weighted by Gasteiger charge is -2.09. The van der Waals surface area contributed by atoms with Crippen LogP contribution in [0.3, 0.4) is 0 Å². The molecule has 1 aromatic rings. The number of hydrogen-bond acceptors (Lipinski definition) is 6. The van der Waals surface area contributed by atoms with Crippen molar-refractivity contribution in [3.8, 4) is 0 Å². The zero-order chi connectivity index (χ0) is 15.9. The molecule has 8 heteroatoms. The van der Waals surface area contributed by atoms with Crippen LogP contribution in [0.5, 0.6) is 0 Å². The van der Waals surface area contributed by atoms with Crippen LogP contribution in [0.4, 0.5) is 0 Å². The van der Waals surface area contributed by atoms with E-state index in [2.05, 4.69) is 4.99 Å². The average Bonchev–Trinajstić information content (AvgIpc) is 2.45. The largest absolute Gasteiger partial charge is 0.404 e. The van der Waals surface area contributed by atoms with Crippen LogP contribution in [0.1, 0.15) is 5.56 Å². The van der Waals surface area contributed by atoms with Crippen molar-refractivity contribution in [3.05, 3.63) is 39.6 Å². The lowest BCUT2D eigenvalue weighted by Crippen LogP contribution is -2.21. The molecule has 116 valence electrons. The predicted molar refractivity (Wildman–Crippen MR) is 90.0 cm³/mol. The van der Waals surface area contributed by atoms with Crippen molar-refractivity contribution in [1.82, 2.24) is 0 Å². The first-order valence-corrected chi connectivity index (χ1v) is 8.55. The minimum Gasteiger partial charge on any atom is -0.404 e. The molecule has 1 atom stereocenters. The standard InChI is InChI=1S/C13H17IN2O4S/c1-10-2-4-13(5-3-10)21(18,19)20-9-12(17)8-16-7-11(14)6-15/h2-7,12,17H,8-9,15H2,1H3. The number of aliphatic imine (C=N–C) groups is 1. The molecular weight excluding hydrogens is 407 g/mol. The number of halogens is 1. The SMILES string of the molecule is Cc1ccc(S(=O)(=O)OCC(O)CN=CC(I)=CN)cc1. The van der Waals surface area contributed by atoms with Crippen LogP contribution >= 0.6 is 22.6 Å². The van der Waals surface area contributed by atoms with E-state index in [-0.39, 0.29) is 18.0 Å². The van der Waals surface area contributed by atoms with Crippen LogP contribution in [-0.2, 0) is 14.3 Å². The van der Waals surface area contributed by atoms with Gasteiger partial charge in [0.05, 0.1) is 24.2 Å². The summed E-state index contributed by atoms with van der Waals surface area (Å²) in [5.41, 5.74) is 6.20. The first-order valence-electron chi connectivity index (χ1n) is 6.06. The molecule has 0 aromatic heterocycles. The Labute approximate surface area is 138 Å². The van der Waals surface area contributed by atoms with Crippen LogP contribution in [0.2, 0.25) is 0 Å². The van der Waals surface area contributed by atoms with Crippen molar-refractivity contribution < 1.29 is 17.7 Å². The van der Waals surface area contributed by atoms with Gasteiger partial charge in [0.15, 0.2) is 0 Å². The molecule has 0 aliphatic carbocycles. The Balaban J connectivity index is 2.53. The van der Waals surface area contributed by atoms with Gasteiger partial charge in [-0.3, -0.25) is 9.18 Å².